The van der Waals surface area contributed by atoms with Crippen LogP contribution in [0.4, 0.5) is 0 Å². The summed E-state index contributed by atoms with van der Waals surface area (Å²) < 4.78 is 13.3. The number of carbonyl (C=O) groups is 2. The zero-order valence-electron chi connectivity index (χ0n) is 27.8. The van der Waals surface area contributed by atoms with E-state index >= 15 is 0 Å². The summed E-state index contributed by atoms with van der Waals surface area (Å²) in [6.07, 6.45) is 13.7. The lowest BCUT2D eigenvalue weighted by atomic mass is 9.43. The van der Waals surface area contributed by atoms with E-state index in [0.717, 1.165) is 25.7 Å². The maximum absolute atomic E-state index is 13.8. The first kappa shape index (κ1) is 36.0. The van der Waals surface area contributed by atoms with Crippen LogP contribution in [0.15, 0.2) is 17.1 Å². The number of unbranched alkanes of at least 4 members (excludes halogenated alkanes) is 4. The van der Waals surface area contributed by atoms with Crippen LogP contribution in [-0.4, -0.2) is 54.0 Å². The molecule has 1 aliphatic heterocycles. The highest BCUT2D eigenvalue weighted by molar-refractivity contribution is 6.47. The van der Waals surface area contributed by atoms with Gasteiger partial charge < -0.3 is 20.4 Å². The summed E-state index contributed by atoms with van der Waals surface area (Å²) >= 11 is 0. The standard InChI is InChI=1S/C32H56BN5O6/c1-7-8-9-10-11-12-13-16-25(39)19-23(15-14-17-35-30(34)37-38(41)42)29(40)36-28(18-22(2)3)33-43-27-21-24-20-26(31(24,4)5)32(27,6)44-33/h12-13,22-24,26-28H,7-11,14-21H2,1-6H3,(H,36,40)(H3,34,35,37)/b13-12+/t23-,24+,26+,27-,28+,32+/m1/s1. The number of hydrazine groups is 1. The number of nitro groups is 1. The molecule has 11 nitrogen and oxygen atoms in total. The lowest BCUT2D eigenvalue weighted by Crippen LogP contribution is -2.65. The van der Waals surface area contributed by atoms with Gasteiger partial charge in [-0.05, 0) is 75.0 Å². The average Bonchev–Trinajstić information content (AvgIpc) is 3.30. The zero-order valence-corrected chi connectivity index (χ0v) is 27.8. The molecule has 1 saturated heterocycles. The number of guanidine groups is 1. The molecular formula is C32H56BN5O6. The Morgan fingerprint density at radius 2 is 1.91 bits per heavy atom. The Morgan fingerprint density at radius 1 is 1.16 bits per heavy atom. The molecule has 1 amide bonds. The molecule has 3 aliphatic carbocycles. The Kier molecular flexibility index (Phi) is 13.3. The van der Waals surface area contributed by atoms with E-state index in [1.54, 1.807) is 0 Å². The first-order chi connectivity index (χ1) is 20.8. The molecule has 4 aliphatic rings. The van der Waals surface area contributed by atoms with Crippen LogP contribution in [0.1, 0.15) is 119 Å². The van der Waals surface area contributed by atoms with E-state index in [1.807, 2.05) is 11.5 Å². The van der Waals surface area contributed by atoms with Crippen molar-refractivity contribution < 1.29 is 23.9 Å². The number of carbonyl (C=O) groups excluding carboxylic acids is 2. The molecule has 2 bridgehead atoms. The van der Waals surface area contributed by atoms with Crippen LogP contribution < -0.4 is 16.5 Å². The topological polar surface area (TPSA) is 158 Å². The third-order valence-electron chi connectivity index (χ3n) is 10.1. The largest absolute Gasteiger partial charge is 0.481 e. The molecule has 44 heavy (non-hydrogen) atoms. The summed E-state index contributed by atoms with van der Waals surface area (Å²) in [6, 6.07) is 0. The van der Waals surface area contributed by atoms with Gasteiger partial charge in [0.15, 0.2) is 5.03 Å². The number of rotatable bonds is 19. The third-order valence-corrected chi connectivity index (χ3v) is 10.1. The summed E-state index contributed by atoms with van der Waals surface area (Å²) in [4.78, 5) is 41.3. The normalized spacial score (nSPS) is 27.1. The van der Waals surface area contributed by atoms with Crippen molar-refractivity contribution in [2.75, 3.05) is 6.54 Å². The summed E-state index contributed by atoms with van der Waals surface area (Å²) in [5.41, 5.74) is 7.20. The van der Waals surface area contributed by atoms with E-state index < -0.39 is 18.1 Å². The van der Waals surface area contributed by atoms with E-state index in [0.29, 0.717) is 37.0 Å². The molecule has 0 aromatic rings. The molecule has 0 radical (unpaired) electrons. The van der Waals surface area contributed by atoms with Gasteiger partial charge in [-0.1, -0.05) is 71.5 Å². The maximum atomic E-state index is 13.8. The van der Waals surface area contributed by atoms with Crippen LogP contribution in [-0.2, 0) is 18.9 Å². The Morgan fingerprint density at radius 3 is 2.57 bits per heavy atom. The lowest BCUT2D eigenvalue weighted by Gasteiger charge is -2.64. The van der Waals surface area contributed by atoms with Gasteiger partial charge in [0.1, 0.15) is 5.78 Å². The number of hydrogen-bond acceptors (Lipinski definition) is 7. The van der Waals surface area contributed by atoms with Crippen molar-refractivity contribution in [1.82, 2.24) is 10.7 Å². The van der Waals surface area contributed by atoms with Crippen LogP contribution in [0.25, 0.3) is 0 Å². The fourth-order valence-corrected chi connectivity index (χ4v) is 7.49. The molecule has 0 unspecified atom stereocenters. The smallest absolute Gasteiger partial charge is 0.404 e. The molecule has 0 aromatic carbocycles. The van der Waals surface area contributed by atoms with Crippen molar-refractivity contribution in [3.8, 4) is 0 Å². The molecule has 248 valence electrons. The molecule has 4 rings (SSSR count). The van der Waals surface area contributed by atoms with Gasteiger partial charge in [-0.2, -0.15) is 0 Å². The SMILES string of the molecule is CCCCCC/C=C/CC(=O)C[C@@H](CCCN=C(N)N[N+](=O)[O-])C(=O)N[C@@H](CC(C)C)B1O[C@@H]2C[C@@H]3C[C@@H](C3(C)C)[C@]2(C)O1. The number of aliphatic imine (C=N–C) groups is 1. The van der Waals surface area contributed by atoms with Crippen molar-refractivity contribution in [2.45, 2.75) is 136 Å². The van der Waals surface area contributed by atoms with Crippen LogP contribution >= 0.6 is 0 Å². The van der Waals surface area contributed by atoms with Gasteiger partial charge in [0, 0.05) is 25.3 Å². The average molecular weight is 618 g/mol. The molecule has 0 aromatic heterocycles. The number of amides is 1. The van der Waals surface area contributed by atoms with Crippen LogP contribution in [0, 0.1) is 39.2 Å². The summed E-state index contributed by atoms with van der Waals surface area (Å²) in [6.45, 7) is 13.4. The van der Waals surface area contributed by atoms with Crippen molar-refractivity contribution >= 4 is 24.8 Å². The number of hydrogen-bond donors (Lipinski definition) is 3. The predicted octanol–water partition coefficient (Wildman–Crippen LogP) is 5.15. The minimum Gasteiger partial charge on any atom is -0.404 e. The van der Waals surface area contributed by atoms with Crippen LogP contribution in [0.3, 0.4) is 0 Å². The van der Waals surface area contributed by atoms with Crippen molar-refractivity contribution in [2.24, 2.45) is 39.8 Å². The van der Waals surface area contributed by atoms with Gasteiger partial charge in [-0.15, -0.1) is 0 Å². The molecule has 6 atom stereocenters. The van der Waals surface area contributed by atoms with Crippen molar-refractivity contribution in [3.05, 3.63) is 22.3 Å². The second-order valence-corrected chi connectivity index (χ2v) is 14.3. The second-order valence-electron chi connectivity index (χ2n) is 14.3. The van der Waals surface area contributed by atoms with Crippen molar-refractivity contribution in [1.29, 1.82) is 0 Å². The Labute approximate surface area is 264 Å². The molecular weight excluding hydrogens is 561 g/mol. The number of Topliss-reactive ketones (excluding diaryl/α,β-unsaturated/α-hetero) is 1. The van der Waals surface area contributed by atoms with Gasteiger partial charge in [0.2, 0.25) is 5.91 Å². The molecule has 4 fully saturated rings. The third kappa shape index (κ3) is 9.52. The van der Waals surface area contributed by atoms with Gasteiger partial charge in [0.25, 0.3) is 5.96 Å². The monoisotopic (exact) mass is 617 g/mol. The first-order valence-corrected chi connectivity index (χ1v) is 16.8. The molecule has 1 heterocycles. The summed E-state index contributed by atoms with van der Waals surface area (Å²) in [5, 5.41) is 13.0. The molecule has 0 spiro atoms. The summed E-state index contributed by atoms with van der Waals surface area (Å²) in [5.74, 6) is -0.0651. The quantitative estimate of drug-likeness (QED) is 0.0341. The van der Waals surface area contributed by atoms with Crippen LogP contribution in [0.5, 0.6) is 0 Å². The number of ketones is 1. The predicted molar refractivity (Wildman–Crippen MR) is 173 cm³/mol. The number of allylic oxidation sites excluding steroid dienone is 2. The van der Waals surface area contributed by atoms with Gasteiger partial charge in [-0.3, -0.25) is 9.59 Å². The highest BCUT2D eigenvalue weighted by Crippen LogP contribution is 2.65. The highest BCUT2D eigenvalue weighted by atomic mass is 16.7. The Bertz CT molecular complexity index is 1050. The van der Waals surface area contributed by atoms with E-state index in [4.69, 9.17) is 15.0 Å². The number of nitrogens with two attached hydrogens (primary N) is 1. The highest BCUT2D eigenvalue weighted by Gasteiger charge is 2.68. The molecule has 4 N–H and O–H groups in total. The Balaban J connectivity index is 1.65. The van der Waals surface area contributed by atoms with E-state index in [2.05, 4.69) is 57.9 Å². The molecule has 12 heteroatoms. The van der Waals surface area contributed by atoms with Gasteiger partial charge >= 0.3 is 7.12 Å². The second kappa shape index (κ2) is 16.2. The number of nitrogens with one attached hydrogen (secondary N) is 2. The minimum absolute atomic E-state index is 0.00213. The fraction of sp³-hybridized carbons (Fsp3) is 0.844. The number of nitrogens with zero attached hydrogens (tertiary/aromatic N) is 2. The van der Waals surface area contributed by atoms with Gasteiger partial charge in [-0.25, -0.2) is 15.1 Å². The molecule has 3 saturated carbocycles. The zero-order chi connectivity index (χ0) is 32.5. The summed E-state index contributed by atoms with van der Waals surface area (Å²) in [7, 11) is -0.545. The fourth-order valence-electron chi connectivity index (χ4n) is 7.49. The lowest BCUT2D eigenvalue weighted by molar-refractivity contribution is -0.525. The first-order valence-electron chi connectivity index (χ1n) is 16.8. The Hall–Kier alpha value is -2.47. The maximum Gasteiger partial charge on any atom is 0.481 e. The van der Waals surface area contributed by atoms with Gasteiger partial charge in [0.05, 0.1) is 17.6 Å². The minimum atomic E-state index is -0.770. The van der Waals surface area contributed by atoms with Crippen molar-refractivity contribution in [3.63, 3.8) is 0 Å². The van der Waals surface area contributed by atoms with E-state index in [9.17, 15) is 19.7 Å². The van der Waals surface area contributed by atoms with E-state index in [1.165, 1.54) is 19.3 Å². The van der Waals surface area contributed by atoms with E-state index in [-0.39, 0.29) is 60.1 Å². The van der Waals surface area contributed by atoms with Crippen LogP contribution in [0.2, 0.25) is 0 Å².